The third-order valence-electron chi connectivity index (χ3n) is 4.61. The molecule has 2 heterocycles. The number of piperazine rings is 1. The second-order valence-corrected chi connectivity index (χ2v) is 6.50. The molecule has 2 aromatic carbocycles. The third-order valence-corrected chi connectivity index (χ3v) is 4.85. The van der Waals surface area contributed by atoms with E-state index < -0.39 is 0 Å². The van der Waals surface area contributed by atoms with Crippen LogP contribution in [0.4, 0.5) is 5.69 Å². The number of ether oxygens (including phenoxy) is 1. The fourth-order valence-corrected chi connectivity index (χ4v) is 3.38. The maximum atomic E-state index is 6.17. The minimum atomic E-state index is 0.669. The molecule has 0 saturated carbocycles. The van der Waals surface area contributed by atoms with Gasteiger partial charge in [-0.15, -0.1) is 0 Å². The van der Waals surface area contributed by atoms with Crippen LogP contribution in [0.5, 0.6) is 11.5 Å². The van der Waals surface area contributed by atoms with E-state index in [4.69, 9.17) is 21.3 Å². The SMILES string of the molecule is CCN1CCN(C2=Nc3cc(Cl)ccc3Oc3ccccc32)CC1. The van der Waals surface area contributed by atoms with Crippen LogP contribution in [0, 0.1) is 0 Å². The first kappa shape index (κ1) is 15.5. The molecular weight excluding hydrogens is 322 g/mol. The fourth-order valence-electron chi connectivity index (χ4n) is 3.21. The Morgan fingerprint density at radius 1 is 1.04 bits per heavy atom. The molecule has 0 spiro atoms. The number of hydrogen-bond donors (Lipinski definition) is 0. The maximum Gasteiger partial charge on any atom is 0.153 e. The van der Waals surface area contributed by atoms with E-state index in [1.165, 1.54) is 0 Å². The van der Waals surface area contributed by atoms with Crippen LogP contribution in [0.3, 0.4) is 0 Å². The van der Waals surface area contributed by atoms with Gasteiger partial charge in [0.15, 0.2) is 5.75 Å². The summed E-state index contributed by atoms with van der Waals surface area (Å²) in [6.45, 7) is 7.36. The zero-order chi connectivity index (χ0) is 16.5. The molecular formula is C19H20ClN3O. The largest absolute Gasteiger partial charge is 0.454 e. The van der Waals surface area contributed by atoms with E-state index in [1.807, 2.05) is 36.4 Å². The number of rotatable bonds is 1. The Balaban J connectivity index is 1.77. The van der Waals surface area contributed by atoms with Crippen molar-refractivity contribution < 1.29 is 4.74 Å². The van der Waals surface area contributed by atoms with Gasteiger partial charge in [0.05, 0.1) is 5.56 Å². The van der Waals surface area contributed by atoms with E-state index in [-0.39, 0.29) is 0 Å². The Bertz CT molecular complexity index is 782. The molecule has 1 saturated heterocycles. The van der Waals surface area contributed by atoms with Crippen molar-refractivity contribution in [1.82, 2.24) is 9.80 Å². The molecule has 2 aliphatic heterocycles. The molecule has 0 aliphatic carbocycles. The normalized spacial score (nSPS) is 17.4. The monoisotopic (exact) mass is 341 g/mol. The lowest BCUT2D eigenvalue weighted by Crippen LogP contribution is -2.48. The number of aliphatic imine (C=N–C) groups is 1. The quantitative estimate of drug-likeness (QED) is 0.779. The van der Waals surface area contributed by atoms with Crippen LogP contribution < -0.4 is 4.74 Å². The van der Waals surface area contributed by atoms with Gasteiger partial charge >= 0.3 is 0 Å². The Hall–Kier alpha value is -2.04. The maximum absolute atomic E-state index is 6.17. The summed E-state index contributed by atoms with van der Waals surface area (Å²) >= 11 is 6.17. The number of halogens is 1. The lowest BCUT2D eigenvalue weighted by atomic mass is 10.1. The summed E-state index contributed by atoms with van der Waals surface area (Å²) in [6.07, 6.45) is 0. The van der Waals surface area contributed by atoms with Crippen LogP contribution in [0.15, 0.2) is 47.5 Å². The smallest absolute Gasteiger partial charge is 0.153 e. The zero-order valence-corrected chi connectivity index (χ0v) is 14.5. The third kappa shape index (κ3) is 2.87. The topological polar surface area (TPSA) is 28.1 Å². The molecule has 124 valence electrons. The highest BCUT2D eigenvalue weighted by Crippen LogP contribution is 2.39. The number of hydrogen-bond acceptors (Lipinski definition) is 4. The average Bonchev–Trinajstić information content (AvgIpc) is 2.78. The average molecular weight is 342 g/mol. The van der Waals surface area contributed by atoms with Crippen molar-refractivity contribution in [3.05, 3.63) is 53.1 Å². The second-order valence-electron chi connectivity index (χ2n) is 6.07. The number of benzene rings is 2. The second kappa shape index (κ2) is 6.46. The minimum absolute atomic E-state index is 0.669. The first-order chi connectivity index (χ1) is 11.7. The van der Waals surface area contributed by atoms with Gasteiger partial charge in [0.25, 0.3) is 0 Å². The Labute approximate surface area is 147 Å². The molecule has 0 N–H and O–H groups in total. The predicted molar refractivity (Wildman–Crippen MR) is 97.9 cm³/mol. The highest BCUT2D eigenvalue weighted by molar-refractivity contribution is 6.31. The van der Waals surface area contributed by atoms with Gasteiger partial charge in [-0.3, -0.25) is 0 Å². The van der Waals surface area contributed by atoms with E-state index in [0.717, 1.165) is 61.3 Å². The summed E-state index contributed by atoms with van der Waals surface area (Å²) in [6, 6.07) is 13.7. The summed E-state index contributed by atoms with van der Waals surface area (Å²) in [5, 5.41) is 0.669. The van der Waals surface area contributed by atoms with Crippen molar-refractivity contribution in [3.63, 3.8) is 0 Å². The van der Waals surface area contributed by atoms with Gasteiger partial charge in [-0.25, -0.2) is 4.99 Å². The molecule has 5 heteroatoms. The molecule has 4 rings (SSSR count). The Kier molecular flexibility index (Phi) is 4.17. The summed E-state index contributed by atoms with van der Waals surface area (Å²) < 4.78 is 6.11. The highest BCUT2D eigenvalue weighted by atomic mass is 35.5. The molecule has 24 heavy (non-hydrogen) atoms. The first-order valence-corrected chi connectivity index (χ1v) is 8.75. The van der Waals surface area contributed by atoms with Gasteiger partial charge in [0, 0.05) is 31.2 Å². The van der Waals surface area contributed by atoms with Gasteiger partial charge < -0.3 is 14.5 Å². The van der Waals surface area contributed by atoms with Crippen molar-refractivity contribution in [2.75, 3.05) is 32.7 Å². The fraction of sp³-hybridized carbons (Fsp3) is 0.316. The van der Waals surface area contributed by atoms with E-state index in [2.05, 4.69) is 22.8 Å². The standard InChI is InChI=1S/C19H20ClN3O/c1-2-22-9-11-23(12-10-22)19-15-5-3-4-6-17(15)24-18-8-7-14(20)13-16(18)21-19/h3-8,13H,2,9-12H2,1H3. The number of nitrogens with zero attached hydrogens (tertiary/aromatic N) is 3. The van der Waals surface area contributed by atoms with Gasteiger partial charge in [0.1, 0.15) is 17.3 Å². The lowest BCUT2D eigenvalue weighted by molar-refractivity contribution is 0.190. The van der Waals surface area contributed by atoms with E-state index in [0.29, 0.717) is 5.02 Å². The number of fused-ring (bicyclic) bond motifs is 2. The number of amidine groups is 1. The van der Waals surface area contributed by atoms with Crippen molar-refractivity contribution in [1.29, 1.82) is 0 Å². The summed E-state index contributed by atoms with van der Waals surface area (Å²) in [4.78, 5) is 9.74. The molecule has 2 aliphatic rings. The summed E-state index contributed by atoms with van der Waals surface area (Å²) in [5.41, 5.74) is 1.82. The Morgan fingerprint density at radius 2 is 1.83 bits per heavy atom. The van der Waals surface area contributed by atoms with Gasteiger partial charge in [-0.2, -0.15) is 0 Å². The van der Waals surface area contributed by atoms with Crippen LogP contribution in [0.25, 0.3) is 0 Å². The van der Waals surface area contributed by atoms with Gasteiger partial charge in [-0.1, -0.05) is 30.7 Å². The predicted octanol–water partition coefficient (Wildman–Crippen LogP) is 4.16. The van der Waals surface area contributed by atoms with Gasteiger partial charge in [0.2, 0.25) is 0 Å². The Morgan fingerprint density at radius 3 is 2.62 bits per heavy atom. The molecule has 0 radical (unpaired) electrons. The zero-order valence-electron chi connectivity index (χ0n) is 13.7. The lowest BCUT2D eigenvalue weighted by Gasteiger charge is -2.36. The van der Waals surface area contributed by atoms with Crippen molar-refractivity contribution in [3.8, 4) is 11.5 Å². The van der Waals surface area contributed by atoms with Crippen molar-refractivity contribution >= 4 is 23.1 Å². The molecule has 0 atom stereocenters. The van der Waals surface area contributed by atoms with Crippen molar-refractivity contribution in [2.24, 2.45) is 4.99 Å². The van der Waals surface area contributed by atoms with Crippen LogP contribution >= 0.6 is 11.6 Å². The summed E-state index contributed by atoms with van der Waals surface area (Å²) in [7, 11) is 0. The van der Waals surface area contributed by atoms with Crippen LogP contribution in [0.1, 0.15) is 12.5 Å². The van der Waals surface area contributed by atoms with Gasteiger partial charge in [-0.05, 0) is 36.9 Å². The van der Waals surface area contributed by atoms with E-state index >= 15 is 0 Å². The number of likely N-dealkylation sites (N-methyl/N-ethyl adjacent to an activating group) is 1. The molecule has 0 amide bonds. The number of para-hydroxylation sites is 1. The molecule has 0 bridgehead atoms. The van der Waals surface area contributed by atoms with Crippen LogP contribution in [0.2, 0.25) is 5.02 Å². The molecule has 2 aromatic rings. The highest BCUT2D eigenvalue weighted by Gasteiger charge is 2.25. The first-order valence-electron chi connectivity index (χ1n) is 8.37. The van der Waals surface area contributed by atoms with E-state index in [1.54, 1.807) is 0 Å². The molecule has 1 fully saturated rings. The van der Waals surface area contributed by atoms with E-state index in [9.17, 15) is 0 Å². The molecule has 4 nitrogen and oxygen atoms in total. The molecule has 0 aromatic heterocycles. The van der Waals surface area contributed by atoms with Crippen molar-refractivity contribution in [2.45, 2.75) is 6.92 Å². The summed E-state index contributed by atoms with van der Waals surface area (Å²) in [5.74, 6) is 2.56. The van der Waals surface area contributed by atoms with Crippen LogP contribution in [-0.2, 0) is 0 Å². The van der Waals surface area contributed by atoms with Crippen LogP contribution in [-0.4, -0.2) is 48.4 Å². The minimum Gasteiger partial charge on any atom is -0.454 e. The molecule has 0 unspecified atom stereocenters.